The summed E-state index contributed by atoms with van der Waals surface area (Å²) in [7, 11) is -3.97. The van der Waals surface area contributed by atoms with Gasteiger partial charge < -0.3 is 4.57 Å². The van der Waals surface area contributed by atoms with Crippen LogP contribution in [0.3, 0.4) is 0 Å². The van der Waals surface area contributed by atoms with Gasteiger partial charge in [-0.05, 0) is 63.2 Å². The molecule has 3 aromatic carbocycles. The number of hydrogen-bond acceptors (Lipinski definition) is 4. The standard InChI is InChI=1S/C28H28N4O3S/c1-21-14-16-27(17-15-21)36(34,35)31(25-10-6-4-7-11-25)20-28(33)30-29-19-24-18-22(2)32(23(24)3)26-12-8-5-9-13-26/h4-19H,20H2,1-3H3,(H,30,33)/b29-19-. The molecule has 0 bridgehead atoms. The van der Waals surface area contributed by atoms with Crippen molar-refractivity contribution < 1.29 is 13.2 Å². The lowest BCUT2D eigenvalue weighted by molar-refractivity contribution is -0.119. The molecule has 0 aliphatic rings. The van der Waals surface area contributed by atoms with Crippen molar-refractivity contribution >= 4 is 27.8 Å². The SMILES string of the molecule is Cc1ccc(S(=O)(=O)N(CC(=O)N/N=C\c2cc(C)n(-c3ccccc3)c2C)c2ccccc2)cc1. The van der Waals surface area contributed by atoms with Crippen LogP contribution in [-0.2, 0) is 14.8 Å². The van der Waals surface area contributed by atoms with E-state index in [0.717, 1.165) is 32.5 Å². The molecule has 4 rings (SSSR count). The van der Waals surface area contributed by atoms with Gasteiger partial charge in [0.2, 0.25) is 0 Å². The maximum Gasteiger partial charge on any atom is 0.264 e. The average Bonchev–Trinajstić information content (AvgIpc) is 3.16. The Balaban J connectivity index is 1.53. The Kier molecular flexibility index (Phi) is 7.36. The van der Waals surface area contributed by atoms with E-state index in [4.69, 9.17) is 0 Å². The molecule has 0 unspecified atom stereocenters. The van der Waals surface area contributed by atoms with Gasteiger partial charge in [0.05, 0.1) is 16.8 Å². The summed E-state index contributed by atoms with van der Waals surface area (Å²) in [5.41, 5.74) is 7.71. The van der Waals surface area contributed by atoms with Gasteiger partial charge in [-0.25, -0.2) is 13.8 Å². The zero-order valence-electron chi connectivity index (χ0n) is 20.4. The Morgan fingerprint density at radius 2 is 1.53 bits per heavy atom. The van der Waals surface area contributed by atoms with Crippen molar-refractivity contribution in [2.45, 2.75) is 25.7 Å². The minimum atomic E-state index is -3.97. The predicted octanol–water partition coefficient (Wildman–Crippen LogP) is 4.75. The van der Waals surface area contributed by atoms with Gasteiger partial charge in [-0.1, -0.05) is 54.1 Å². The molecule has 0 atom stereocenters. The van der Waals surface area contributed by atoms with E-state index in [1.165, 1.54) is 0 Å². The van der Waals surface area contributed by atoms with Gasteiger partial charge in [-0.15, -0.1) is 0 Å². The highest BCUT2D eigenvalue weighted by Crippen LogP contribution is 2.24. The molecule has 1 amide bonds. The Morgan fingerprint density at radius 1 is 0.917 bits per heavy atom. The molecule has 1 heterocycles. The van der Waals surface area contributed by atoms with E-state index >= 15 is 0 Å². The summed E-state index contributed by atoms with van der Waals surface area (Å²) in [5, 5.41) is 4.10. The van der Waals surface area contributed by atoms with Gasteiger partial charge in [0, 0.05) is 22.6 Å². The Morgan fingerprint density at radius 3 is 2.17 bits per heavy atom. The van der Waals surface area contributed by atoms with Crippen LogP contribution in [0.1, 0.15) is 22.5 Å². The molecular weight excluding hydrogens is 472 g/mol. The van der Waals surface area contributed by atoms with Gasteiger partial charge in [0.25, 0.3) is 15.9 Å². The fraction of sp³-hybridized carbons (Fsp3) is 0.143. The molecule has 0 aliphatic heterocycles. The van der Waals surface area contributed by atoms with Crippen LogP contribution in [0.15, 0.2) is 101 Å². The van der Waals surface area contributed by atoms with Gasteiger partial charge in [0.1, 0.15) is 6.54 Å². The van der Waals surface area contributed by atoms with E-state index in [2.05, 4.69) is 15.1 Å². The molecule has 7 nitrogen and oxygen atoms in total. The quantitative estimate of drug-likeness (QED) is 0.280. The fourth-order valence-corrected chi connectivity index (χ4v) is 5.40. The zero-order valence-corrected chi connectivity index (χ0v) is 21.2. The lowest BCUT2D eigenvalue weighted by atomic mass is 10.2. The number of carbonyl (C=O) groups excluding carboxylic acids is 1. The topological polar surface area (TPSA) is 83.8 Å². The second-order valence-corrected chi connectivity index (χ2v) is 10.3. The van der Waals surface area contributed by atoms with E-state index < -0.39 is 22.5 Å². The Bertz CT molecular complexity index is 1480. The van der Waals surface area contributed by atoms with Gasteiger partial charge in [-0.2, -0.15) is 5.10 Å². The van der Waals surface area contributed by atoms with Crippen LogP contribution in [-0.4, -0.2) is 31.7 Å². The first-order valence-corrected chi connectivity index (χ1v) is 12.9. The van der Waals surface area contributed by atoms with Crippen molar-refractivity contribution in [1.29, 1.82) is 0 Å². The summed E-state index contributed by atoms with van der Waals surface area (Å²) in [5.74, 6) is -0.553. The molecular formula is C28H28N4O3S. The lowest BCUT2D eigenvalue weighted by Gasteiger charge is -2.23. The number of hydrogen-bond donors (Lipinski definition) is 1. The lowest BCUT2D eigenvalue weighted by Crippen LogP contribution is -2.39. The number of aromatic nitrogens is 1. The number of hydrazone groups is 1. The van der Waals surface area contributed by atoms with Crippen LogP contribution >= 0.6 is 0 Å². The Hall–Kier alpha value is -4.17. The van der Waals surface area contributed by atoms with Crippen LogP contribution < -0.4 is 9.73 Å². The van der Waals surface area contributed by atoms with Crippen molar-refractivity contribution in [2.75, 3.05) is 10.8 Å². The summed E-state index contributed by atoms with van der Waals surface area (Å²) in [6.07, 6.45) is 1.57. The van der Waals surface area contributed by atoms with Gasteiger partial charge >= 0.3 is 0 Å². The summed E-state index contributed by atoms with van der Waals surface area (Å²) >= 11 is 0. The molecule has 1 aromatic heterocycles. The van der Waals surface area contributed by atoms with E-state index in [1.807, 2.05) is 57.2 Å². The highest BCUT2D eigenvalue weighted by Gasteiger charge is 2.27. The molecule has 0 radical (unpaired) electrons. The third-order valence-electron chi connectivity index (χ3n) is 5.82. The van der Waals surface area contributed by atoms with E-state index in [-0.39, 0.29) is 4.90 Å². The second-order valence-electron chi connectivity index (χ2n) is 8.45. The van der Waals surface area contributed by atoms with E-state index in [0.29, 0.717) is 5.69 Å². The smallest absolute Gasteiger partial charge is 0.264 e. The van der Waals surface area contributed by atoms with Crippen LogP contribution in [0.4, 0.5) is 5.69 Å². The maximum atomic E-state index is 13.4. The minimum Gasteiger partial charge on any atom is -0.318 e. The summed E-state index contributed by atoms with van der Waals surface area (Å²) in [6.45, 7) is 5.45. The molecule has 0 spiro atoms. The third kappa shape index (κ3) is 5.39. The van der Waals surface area contributed by atoms with Crippen LogP contribution in [0.2, 0.25) is 0 Å². The van der Waals surface area contributed by atoms with Crippen molar-refractivity contribution in [3.05, 3.63) is 114 Å². The number of para-hydroxylation sites is 2. The van der Waals surface area contributed by atoms with Crippen molar-refractivity contribution in [1.82, 2.24) is 9.99 Å². The first-order chi connectivity index (χ1) is 17.3. The third-order valence-corrected chi connectivity index (χ3v) is 7.61. The second kappa shape index (κ2) is 10.6. The van der Waals surface area contributed by atoms with Gasteiger partial charge in [0.15, 0.2) is 0 Å². The van der Waals surface area contributed by atoms with E-state index in [9.17, 15) is 13.2 Å². The molecule has 4 aromatic rings. The highest BCUT2D eigenvalue weighted by atomic mass is 32.2. The normalized spacial score (nSPS) is 11.5. The molecule has 0 aliphatic carbocycles. The Labute approximate surface area is 211 Å². The predicted molar refractivity (Wildman–Crippen MR) is 143 cm³/mol. The largest absolute Gasteiger partial charge is 0.318 e. The molecule has 0 saturated carbocycles. The zero-order chi connectivity index (χ0) is 25.7. The number of nitrogens with zero attached hydrogens (tertiary/aromatic N) is 3. The maximum absolute atomic E-state index is 13.4. The van der Waals surface area contributed by atoms with Gasteiger partial charge in [-0.3, -0.25) is 9.10 Å². The number of anilines is 1. The average molecular weight is 501 g/mol. The summed E-state index contributed by atoms with van der Waals surface area (Å²) in [6, 6.07) is 27.0. The number of amides is 1. The highest BCUT2D eigenvalue weighted by molar-refractivity contribution is 7.92. The number of aryl methyl sites for hydroxylation is 2. The molecule has 184 valence electrons. The minimum absolute atomic E-state index is 0.113. The first-order valence-electron chi connectivity index (χ1n) is 11.5. The summed E-state index contributed by atoms with van der Waals surface area (Å²) in [4.78, 5) is 12.9. The number of benzene rings is 3. The van der Waals surface area contributed by atoms with Crippen molar-refractivity contribution in [3.63, 3.8) is 0 Å². The molecule has 8 heteroatoms. The molecule has 1 N–H and O–H groups in total. The summed E-state index contributed by atoms with van der Waals surface area (Å²) < 4.78 is 30.0. The van der Waals surface area contributed by atoms with Crippen molar-refractivity contribution in [2.24, 2.45) is 5.10 Å². The first kappa shape index (κ1) is 24.9. The molecule has 36 heavy (non-hydrogen) atoms. The monoisotopic (exact) mass is 500 g/mol. The number of rotatable bonds is 8. The van der Waals surface area contributed by atoms with Crippen molar-refractivity contribution in [3.8, 4) is 5.69 Å². The molecule has 0 saturated heterocycles. The van der Waals surface area contributed by atoms with Crippen LogP contribution in [0, 0.1) is 20.8 Å². The van der Waals surface area contributed by atoms with Crippen LogP contribution in [0.5, 0.6) is 0 Å². The number of nitrogens with one attached hydrogen (secondary N) is 1. The fourth-order valence-electron chi connectivity index (χ4n) is 3.98. The van der Waals surface area contributed by atoms with Crippen LogP contribution in [0.25, 0.3) is 5.69 Å². The number of sulfonamides is 1. The molecule has 0 fully saturated rings. The van der Waals surface area contributed by atoms with E-state index in [1.54, 1.807) is 60.8 Å². The number of carbonyl (C=O) groups is 1.